The fourth-order valence-corrected chi connectivity index (χ4v) is 2.23. The number of rotatable bonds is 3. The molecule has 0 aromatic carbocycles. The van der Waals surface area contributed by atoms with Crippen molar-refractivity contribution in [2.45, 2.75) is 0 Å². The smallest absolute Gasteiger partial charge is 0.230 e. The Morgan fingerprint density at radius 1 is 1.23 bits per heavy atom. The van der Waals surface area contributed by atoms with Gasteiger partial charge >= 0.3 is 0 Å². The Morgan fingerprint density at radius 2 is 2.05 bits per heavy atom. The summed E-state index contributed by atoms with van der Waals surface area (Å²) in [5, 5.41) is 15.1. The Hall–Kier alpha value is -2.92. The van der Waals surface area contributed by atoms with E-state index in [2.05, 4.69) is 30.5 Å². The highest BCUT2D eigenvalue weighted by Crippen LogP contribution is 2.18. The summed E-state index contributed by atoms with van der Waals surface area (Å²) in [7, 11) is 0. The van der Waals surface area contributed by atoms with Gasteiger partial charge < -0.3 is 21.3 Å². The molecule has 8 nitrogen and oxygen atoms in total. The van der Waals surface area contributed by atoms with Crippen LogP contribution in [0.1, 0.15) is 5.56 Å². The van der Waals surface area contributed by atoms with E-state index in [1.165, 1.54) is 6.20 Å². The van der Waals surface area contributed by atoms with E-state index < -0.39 is 0 Å². The fraction of sp³-hybridized carbons (Fsp3) is 0.286. The molecule has 1 aliphatic heterocycles. The van der Waals surface area contributed by atoms with E-state index in [1.54, 1.807) is 0 Å². The van der Waals surface area contributed by atoms with Crippen molar-refractivity contribution in [1.29, 1.82) is 5.26 Å². The van der Waals surface area contributed by atoms with Gasteiger partial charge in [0.05, 0.1) is 18.1 Å². The van der Waals surface area contributed by atoms with Crippen LogP contribution in [0.25, 0.3) is 0 Å². The molecule has 2 aromatic heterocycles. The van der Waals surface area contributed by atoms with E-state index in [0.717, 1.165) is 31.9 Å². The molecule has 0 aliphatic carbocycles. The second kappa shape index (κ2) is 6.24. The second-order valence-electron chi connectivity index (χ2n) is 4.87. The number of aromatic nitrogens is 3. The van der Waals surface area contributed by atoms with Crippen molar-refractivity contribution in [3.63, 3.8) is 0 Å². The van der Waals surface area contributed by atoms with Crippen molar-refractivity contribution in [3.8, 4) is 6.07 Å². The molecule has 22 heavy (non-hydrogen) atoms. The van der Waals surface area contributed by atoms with Crippen LogP contribution in [0.15, 0.2) is 24.5 Å². The molecule has 0 spiro atoms. The average Bonchev–Trinajstić information content (AvgIpc) is 2.57. The largest absolute Gasteiger partial charge is 0.382 e. The van der Waals surface area contributed by atoms with Crippen molar-refractivity contribution in [2.75, 3.05) is 42.1 Å². The lowest BCUT2D eigenvalue weighted by Gasteiger charge is -2.29. The molecule has 1 aliphatic rings. The molecular formula is C14H16N8. The third-order valence-corrected chi connectivity index (χ3v) is 3.41. The Balaban J connectivity index is 1.70. The van der Waals surface area contributed by atoms with Crippen molar-refractivity contribution in [3.05, 3.63) is 30.1 Å². The second-order valence-corrected chi connectivity index (χ2v) is 4.87. The highest BCUT2D eigenvalue weighted by atomic mass is 15.2. The van der Waals surface area contributed by atoms with Crippen molar-refractivity contribution < 1.29 is 0 Å². The highest BCUT2D eigenvalue weighted by Gasteiger charge is 2.11. The quantitative estimate of drug-likeness (QED) is 0.749. The van der Waals surface area contributed by atoms with Gasteiger partial charge in [-0.25, -0.2) is 9.97 Å². The molecule has 8 heteroatoms. The summed E-state index contributed by atoms with van der Waals surface area (Å²) < 4.78 is 0. The van der Waals surface area contributed by atoms with Gasteiger partial charge in [0.25, 0.3) is 0 Å². The minimum Gasteiger partial charge on any atom is -0.382 e. The standard InChI is InChI=1S/C14H16N8/c15-7-10-8-19-14(21-13(10)16)20-12-2-1-11(9-18-12)22-5-3-17-4-6-22/h1-2,8-9,17H,3-6H2,(H3,16,18,19,20,21). The van der Waals surface area contributed by atoms with Gasteiger partial charge in [-0.1, -0.05) is 0 Å². The van der Waals surface area contributed by atoms with E-state index in [-0.39, 0.29) is 11.4 Å². The summed E-state index contributed by atoms with van der Waals surface area (Å²) in [4.78, 5) is 14.7. The average molecular weight is 296 g/mol. The fourth-order valence-electron chi connectivity index (χ4n) is 2.23. The molecule has 4 N–H and O–H groups in total. The molecule has 1 fully saturated rings. The number of nitrogen functional groups attached to an aromatic ring is 1. The molecule has 3 heterocycles. The Morgan fingerprint density at radius 3 is 2.68 bits per heavy atom. The monoisotopic (exact) mass is 296 g/mol. The van der Waals surface area contributed by atoms with Crippen LogP contribution in [-0.2, 0) is 0 Å². The molecule has 3 rings (SSSR count). The van der Waals surface area contributed by atoms with E-state index in [9.17, 15) is 0 Å². The zero-order valence-electron chi connectivity index (χ0n) is 12.0. The Bertz CT molecular complexity index is 685. The molecule has 0 unspecified atom stereocenters. The van der Waals surface area contributed by atoms with Gasteiger partial charge in [-0.3, -0.25) is 0 Å². The summed E-state index contributed by atoms with van der Waals surface area (Å²) in [6.45, 7) is 3.92. The van der Waals surface area contributed by atoms with Crippen LogP contribution in [0.2, 0.25) is 0 Å². The predicted molar refractivity (Wildman–Crippen MR) is 83.8 cm³/mol. The Labute approximate surface area is 128 Å². The molecule has 0 atom stereocenters. The molecular weight excluding hydrogens is 280 g/mol. The van der Waals surface area contributed by atoms with E-state index in [1.807, 2.05) is 24.4 Å². The van der Waals surface area contributed by atoms with Gasteiger partial charge in [0.2, 0.25) is 5.95 Å². The Kier molecular flexibility index (Phi) is 3.98. The number of nitriles is 1. The van der Waals surface area contributed by atoms with Crippen molar-refractivity contribution in [2.24, 2.45) is 0 Å². The first-order valence-corrected chi connectivity index (χ1v) is 6.97. The number of anilines is 4. The summed E-state index contributed by atoms with van der Waals surface area (Å²) >= 11 is 0. The lowest BCUT2D eigenvalue weighted by atomic mass is 10.3. The summed E-state index contributed by atoms with van der Waals surface area (Å²) in [5.41, 5.74) is 7.01. The molecule has 112 valence electrons. The van der Waals surface area contributed by atoms with E-state index in [4.69, 9.17) is 11.0 Å². The number of nitrogens with zero attached hydrogens (tertiary/aromatic N) is 5. The minimum atomic E-state index is 0.150. The van der Waals surface area contributed by atoms with E-state index in [0.29, 0.717) is 11.8 Å². The SMILES string of the molecule is N#Cc1cnc(Nc2ccc(N3CCNCC3)cn2)nc1N. The van der Waals surface area contributed by atoms with Gasteiger partial charge in [0.1, 0.15) is 23.3 Å². The van der Waals surface area contributed by atoms with Crippen LogP contribution >= 0.6 is 0 Å². The number of hydrogen-bond acceptors (Lipinski definition) is 8. The lowest BCUT2D eigenvalue weighted by Crippen LogP contribution is -2.43. The van der Waals surface area contributed by atoms with Gasteiger partial charge in [-0.2, -0.15) is 10.2 Å². The maximum atomic E-state index is 8.80. The number of nitrogens with two attached hydrogens (primary N) is 1. The zero-order valence-corrected chi connectivity index (χ0v) is 12.0. The number of hydrogen-bond donors (Lipinski definition) is 3. The van der Waals surface area contributed by atoms with Gasteiger partial charge in [0, 0.05) is 26.2 Å². The summed E-state index contributed by atoms with van der Waals surface area (Å²) in [6, 6.07) is 5.80. The maximum Gasteiger partial charge on any atom is 0.230 e. The first-order valence-electron chi connectivity index (χ1n) is 6.97. The zero-order chi connectivity index (χ0) is 15.4. The first kappa shape index (κ1) is 14.0. The van der Waals surface area contributed by atoms with Crippen LogP contribution in [-0.4, -0.2) is 41.1 Å². The van der Waals surface area contributed by atoms with Crippen LogP contribution in [0.5, 0.6) is 0 Å². The highest BCUT2D eigenvalue weighted by molar-refractivity contribution is 5.56. The summed E-state index contributed by atoms with van der Waals surface area (Å²) in [5.74, 6) is 1.10. The third-order valence-electron chi connectivity index (χ3n) is 3.41. The minimum absolute atomic E-state index is 0.150. The summed E-state index contributed by atoms with van der Waals surface area (Å²) in [6.07, 6.45) is 3.21. The maximum absolute atomic E-state index is 8.80. The number of piperazine rings is 1. The van der Waals surface area contributed by atoms with E-state index >= 15 is 0 Å². The normalized spacial score (nSPS) is 14.4. The van der Waals surface area contributed by atoms with Crippen molar-refractivity contribution in [1.82, 2.24) is 20.3 Å². The molecule has 0 radical (unpaired) electrons. The molecule has 0 saturated carbocycles. The van der Waals surface area contributed by atoms with Gasteiger partial charge in [0.15, 0.2) is 0 Å². The molecule has 0 amide bonds. The van der Waals surface area contributed by atoms with Crippen LogP contribution < -0.4 is 21.3 Å². The topological polar surface area (TPSA) is 116 Å². The van der Waals surface area contributed by atoms with Crippen molar-refractivity contribution >= 4 is 23.3 Å². The first-order chi connectivity index (χ1) is 10.8. The van der Waals surface area contributed by atoms with Crippen LogP contribution in [0.4, 0.5) is 23.3 Å². The van der Waals surface area contributed by atoms with Gasteiger partial charge in [-0.15, -0.1) is 0 Å². The van der Waals surface area contributed by atoms with Crippen LogP contribution in [0, 0.1) is 11.3 Å². The molecule has 0 bridgehead atoms. The number of nitrogens with one attached hydrogen (secondary N) is 2. The molecule has 1 saturated heterocycles. The lowest BCUT2D eigenvalue weighted by molar-refractivity contribution is 0.589. The van der Waals surface area contributed by atoms with Gasteiger partial charge in [-0.05, 0) is 12.1 Å². The third kappa shape index (κ3) is 3.05. The molecule has 2 aromatic rings. The number of pyridine rings is 1. The van der Waals surface area contributed by atoms with Crippen LogP contribution in [0.3, 0.4) is 0 Å². The predicted octanol–water partition coefficient (Wildman–Crippen LogP) is 0.479.